The molecule has 0 aliphatic carbocycles. The van der Waals surface area contributed by atoms with Gasteiger partial charge in [-0.3, -0.25) is 19.5 Å². The molecular formula is C23H20BrF3N6O3. The fourth-order valence-electron chi connectivity index (χ4n) is 4.92. The summed E-state index contributed by atoms with van der Waals surface area (Å²) in [7, 11) is 0. The van der Waals surface area contributed by atoms with Crippen LogP contribution in [0.5, 0.6) is 0 Å². The van der Waals surface area contributed by atoms with Gasteiger partial charge in [0.05, 0.1) is 30.8 Å². The van der Waals surface area contributed by atoms with E-state index in [1.165, 1.54) is 17.3 Å². The predicted octanol–water partition coefficient (Wildman–Crippen LogP) is 3.55. The molecule has 5 rings (SSSR count). The number of likely N-dealkylation sites (tertiary alicyclic amines) is 1. The van der Waals surface area contributed by atoms with Crippen LogP contribution in [0.4, 0.5) is 18.9 Å². The molecule has 0 atom stereocenters. The second kappa shape index (κ2) is 8.95. The number of carbonyl (C=O) groups is 3. The number of Topliss-reactive ketones (excluding diaryl/α,β-unsaturated/α-hetero) is 1. The Hall–Kier alpha value is -3.35. The van der Waals surface area contributed by atoms with Crippen molar-refractivity contribution in [2.75, 3.05) is 24.5 Å². The van der Waals surface area contributed by atoms with Crippen molar-refractivity contribution in [1.29, 1.82) is 0 Å². The number of aromatic nitrogens is 4. The lowest BCUT2D eigenvalue weighted by atomic mass is 9.73. The molecule has 1 N–H and O–H groups in total. The third-order valence-electron chi connectivity index (χ3n) is 6.72. The van der Waals surface area contributed by atoms with Crippen molar-refractivity contribution in [1.82, 2.24) is 25.1 Å². The van der Waals surface area contributed by atoms with E-state index in [0.717, 1.165) is 0 Å². The van der Waals surface area contributed by atoms with Crippen molar-refractivity contribution in [3.63, 3.8) is 0 Å². The highest BCUT2D eigenvalue weighted by atomic mass is 79.9. The van der Waals surface area contributed by atoms with E-state index < -0.39 is 36.8 Å². The summed E-state index contributed by atoms with van der Waals surface area (Å²) in [6.45, 7) is 0.0588. The molecule has 1 spiro atoms. The molecular weight excluding hydrogens is 545 g/mol. The maximum absolute atomic E-state index is 13.7. The highest BCUT2D eigenvalue weighted by Crippen LogP contribution is 2.51. The first-order chi connectivity index (χ1) is 17.1. The number of nitrogens with zero attached hydrogens (tertiary/aromatic N) is 5. The number of fused-ring (bicyclic) bond motifs is 3. The van der Waals surface area contributed by atoms with Gasteiger partial charge in [-0.05, 0) is 25.0 Å². The standard InChI is InChI=1S/C23H20BrF3N6O3/c24-14-2-1-3-17-18(14)22(21(36)33(17)12-13(34)4-5-23(25,26)27)6-8-32(9-7-22)20(35)19-28-10-16-15(30-19)11-29-31-16/h1-3,10-11H,4-9,12H2,(H,29,31). The Bertz CT molecular complexity index is 1370. The van der Waals surface area contributed by atoms with Crippen LogP contribution in [0.3, 0.4) is 0 Å². The number of ketones is 1. The number of halogens is 4. The van der Waals surface area contributed by atoms with Crippen molar-refractivity contribution in [2.45, 2.75) is 37.3 Å². The molecule has 1 fully saturated rings. The van der Waals surface area contributed by atoms with Crippen LogP contribution >= 0.6 is 15.9 Å². The summed E-state index contributed by atoms with van der Waals surface area (Å²) in [5.41, 5.74) is 1.32. The van der Waals surface area contributed by atoms with E-state index in [9.17, 15) is 27.6 Å². The van der Waals surface area contributed by atoms with Crippen LogP contribution in [0.15, 0.2) is 35.1 Å². The van der Waals surface area contributed by atoms with Crippen molar-refractivity contribution < 1.29 is 27.6 Å². The molecule has 2 aliphatic heterocycles. The van der Waals surface area contributed by atoms with Crippen molar-refractivity contribution in [2.24, 2.45) is 0 Å². The minimum Gasteiger partial charge on any atom is -0.336 e. The van der Waals surface area contributed by atoms with Gasteiger partial charge in [0.1, 0.15) is 11.0 Å². The summed E-state index contributed by atoms with van der Waals surface area (Å²) in [6, 6.07) is 5.19. The van der Waals surface area contributed by atoms with Gasteiger partial charge in [-0.25, -0.2) is 9.97 Å². The first kappa shape index (κ1) is 24.3. The quantitative estimate of drug-likeness (QED) is 0.507. The van der Waals surface area contributed by atoms with Gasteiger partial charge in [0.25, 0.3) is 5.91 Å². The lowest BCUT2D eigenvalue weighted by Gasteiger charge is -2.38. The number of aromatic amines is 1. The SMILES string of the molecule is O=C(CCC(F)(F)F)CN1C(=O)C2(CCN(C(=O)c3ncc4[nH]ncc4n3)CC2)c2c(Br)cccc21. The number of amides is 2. The largest absolute Gasteiger partial charge is 0.389 e. The van der Waals surface area contributed by atoms with E-state index in [0.29, 0.717) is 26.8 Å². The molecule has 0 unspecified atom stereocenters. The number of H-pyrrole nitrogens is 1. The zero-order valence-corrected chi connectivity index (χ0v) is 20.4. The lowest BCUT2D eigenvalue weighted by Crippen LogP contribution is -2.51. The summed E-state index contributed by atoms with van der Waals surface area (Å²) in [5, 5.41) is 6.60. The summed E-state index contributed by atoms with van der Waals surface area (Å²) in [5.74, 6) is -1.35. The first-order valence-corrected chi connectivity index (χ1v) is 12.0. The third-order valence-corrected chi connectivity index (χ3v) is 7.38. The molecule has 0 radical (unpaired) electrons. The number of nitrogens with one attached hydrogen (secondary N) is 1. The van der Waals surface area contributed by atoms with Gasteiger partial charge in [-0.15, -0.1) is 0 Å². The second-order valence-corrected chi connectivity index (χ2v) is 9.77. The number of hydrogen-bond acceptors (Lipinski definition) is 6. The van der Waals surface area contributed by atoms with Gasteiger partial charge in [-0.1, -0.05) is 22.0 Å². The zero-order chi connectivity index (χ0) is 25.7. The average Bonchev–Trinajstić information content (AvgIpc) is 3.40. The predicted molar refractivity (Wildman–Crippen MR) is 125 cm³/mol. The van der Waals surface area contributed by atoms with Crippen molar-refractivity contribution >= 4 is 50.2 Å². The Balaban J connectivity index is 1.36. The summed E-state index contributed by atoms with van der Waals surface area (Å²) < 4.78 is 38.4. The second-order valence-electron chi connectivity index (χ2n) is 8.92. The Kier molecular flexibility index (Phi) is 6.05. The fourth-order valence-corrected chi connectivity index (χ4v) is 5.66. The molecule has 1 aromatic carbocycles. The maximum Gasteiger partial charge on any atom is 0.389 e. The Morgan fingerprint density at radius 3 is 2.64 bits per heavy atom. The van der Waals surface area contributed by atoms with Gasteiger partial charge in [0.2, 0.25) is 11.7 Å². The van der Waals surface area contributed by atoms with Crippen LogP contribution in [-0.2, 0) is 15.0 Å². The smallest absolute Gasteiger partial charge is 0.336 e. The van der Waals surface area contributed by atoms with Crippen LogP contribution in [0.1, 0.15) is 41.9 Å². The normalized spacial score (nSPS) is 17.2. The van der Waals surface area contributed by atoms with E-state index >= 15 is 0 Å². The molecule has 9 nitrogen and oxygen atoms in total. The van der Waals surface area contributed by atoms with Crippen LogP contribution in [-0.4, -0.2) is 68.5 Å². The zero-order valence-electron chi connectivity index (χ0n) is 18.8. The molecule has 4 heterocycles. The number of piperidine rings is 1. The molecule has 0 bridgehead atoms. The topological polar surface area (TPSA) is 112 Å². The van der Waals surface area contributed by atoms with E-state index in [1.807, 2.05) is 0 Å². The number of anilines is 1. The molecule has 2 aliphatic rings. The number of benzene rings is 1. The van der Waals surface area contributed by atoms with Gasteiger partial charge < -0.3 is 9.80 Å². The van der Waals surface area contributed by atoms with Crippen LogP contribution in [0.25, 0.3) is 11.0 Å². The monoisotopic (exact) mass is 564 g/mol. The highest BCUT2D eigenvalue weighted by molar-refractivity contribution is 9.10. The molecule has 188 valence electrons. The van der Waals surface area contributed by atoms with Crippen LogP contribution < -0.4 is 4.90 Å². The van der Waals surface area contributed by atoms with Crippen LogP contribution in [0, 0.1) is 0 Å². The molecule has 2 aromatic heterocycles. The van der Waals surface area contributed by atoms with E-state index in [1.54, 1.807) is 23.1 Å². The van der Waals surface area contributed by atoms with Gasteiger partial charge >= 0.3 is 6.18 Å². The van der Waals surface area contributed by atoms with E-state index in [4.69, 9.17) is 0 Å². The number of hydrogen-bond donors (Lipinski definition) is 1. The minimum atomic E-state index is -4.45. The van der Waals surface area contributed by atoms with Crippen molar-refractivity contribution in [3.05, 3.63) is 46.5 Å². The van der Waals surface area contributed by atoms with Crippen LogP contribution in [0.2, 0.25) is 0 Å². The third kappa shape index (κ3) is 4.25. The van der Waals surface area contributed by atoms with E-state index in [2.05, 4.69) is 36.1 Å². The Morgan fingerprint density at radius 1 is 1.17 bits per heavy atom. The highest BCUT2D eigenvalue weighted by Gasteiger charge is 2.53. The average molecular weight is 565 g/mol. The minimum absolute atomic E-state index is 0.0241. The first-order valence-electron chi connectivity index (χ1n) is 11.2. The number of alkyl halides is 3. The molecule has 13 heteroatoms. The Labute approximate surface area is 211 Å². The van der Waals surface area contributed by atoms with E-state index in [-0.39, 0.29) is 43.6 Å². The Morgan fingerprint density at radius 2 is 1.92 bits per heavy atom. The molecule has 0 saturated carbocycles. The van der Waals surface area contributed by atoms with Crippen molar-refractivity contribution in [3.8, 4) is 0 Å². The molecule has 3 aromatic rings. The number of carbonyl (C=O) groups excluding carboxylic acids is 3. The molecule has 2 amide bonds. The lowest BCUT2D eigenvalue weighted by molar-refractivity contribution is -0.142. The van der Waals surface area contributed by atoms with Gasteiger partial charge in [0.15, 0.2) is 5.78 Å². The summed E-state index contributed by atoms with van der Waals surface area (Å²) in [6.07, 6.45) is -2.81. The summed E-state index contributed by atoms with van der Waals surface area (Å²) >= 11 is 3.51. The summed E-state index contributed by atoms with van der Waals surface area (Å²) in [4.78, 5) is 50.3. The maximum atomic E-state index is 13.7. The van der Waals surface area contributed by atoms with Gasteiger partial charge in [-0.2, -0.15) is 18.3 Å². The molecule has 36 heavy (non-hydrogen) atoms. The fraction of sp³-hybridized carbons (Fsp3) is 0.391. The molecule has 1 saturated heterocycles. The van der Waals surface area contributed by atoms with Gasteiger partial charge in [0, 0.05) is 35.2 Å². The number of rotatable bonds is 5.